The molecule has 5 nitrogen and oxygen atoms in total. The molecule has 2 heterocycles. The van der Waals surface area contributed by atoms with Gasteiger partial charge in [0.2, 0.25) is 0 Å². The van der Waals surface area contributed by atoms with Gasteiger partial charge >= 0.3 is 0 Å². The molecular formula is C13H19N5S. The monoisotopic (exact) mass is 277 g/mol. The van der Waals surface area contributed by atoms with E-state index in [0.29, 0.717) is 6.04 Å². The molecule has 0 saturated heterocycles. The Morgan fingerprint density at radius 3 is 2.68 bits per heavy atom. The van der Waals surface area contributed by atoms with E-state index in [0.717, 1.165) is 39.9 Å². The van der Waals surface area contributed by atoms with E-state index in [1.807, 2.05) is 19.9 Å². The summed E-state index contributed by atoms with van der Waals surface area (Å²) in [6, 6.07) is 2.51. The summed E-state index contributed by atoms with van der Waals surface area (Å²) in [4.78, 5) is 0. The minimum Gasteiger partial charge on any atom is -0.314 e. The van der Waals surface area contributed by atoms with E-state index in [2.05, 4.69) is 39.6 Å². The van der Waals surface area contributed by atoms with Crippen molar-refractivity contribution >= 4 is 11.3 Å². The van der Waals surface area contributed by atoms with Crippen molar-refractivity contribution in [2.75, 3.05) is 6.54 Å². The minimum atomic E-state index is 0.502. The normalized spacial score (nSPS) is 11.2. The lowest BCUT2D eigenvalue weighted by Crippen LogP contribution is -2.24. The lowest BCUT2D eigenvalue weighted by Gasteiger charge is -2.05. The lowest BCUT2D eigenvalue weighted by atomic mass is 10.2. The topological polar surface area (TPSA) is 63.6 Å². The molecule has 0 bridgehead atoms. The Balaban J connectivity index is 2.10. The Kier molecular flexibility index (Phi) is 4.55. The third-order valence-corrected chi connectivity index (χ3v) is 3.71. The van der Waals surface area contributed by atoms with Crippen LogP contribution in [0, 0.1) is 13.8 Å². The largest absolute Gasteiger partial charge is 0.314 e. The van der Waals surface area contributed by atoms with Crippen LogP contribution in [0.25, 0.3) is 10.6 Å². The van der Waals surface area contributed by atoms with Crippen LogP contribution in [-0.4, -0.2) is 33.0 Å². The summed E-state index contributed by atoms with van der Waals surface area (Å²) >= 11 is 1.63. The SMILES string of the molecule is Cc1cc(-c2nnc(CCNC(C)C)s2)c(C)nn1. The van der Waals surface area contributed by atoms with Crippen LogP contribution in [0.1, 0.15) is 30.2 Å². The van der Waals surface area contributed by atoms with E-state index in [4.69, 9.17) is 0 Å². The van der Waals surface area contributed by atoms with Gasteiger partial charge in [-0.15, -0.1) is 10.2 Å². The molecule has 2 rings (SSSR count). The average molecular weight is 277 g/mol. The summed E-state index contributed by atoms with van der Waals surface area (Å²) in [5.41, 5.74) is 2.83. The Hall–Kier alpha value is -1.40. The molecule has 1 N–H and O–H groups in total. The highest BCUT2D eigenvalue weighted by molar-refractivity contribution is 7.14. The number of nitrogens with one attached hydrogen (secondary N) is 1. The second-order valence-corrected chi connectivity index (χ2v) is 5.91. The number of aryl methyl sites for hydroxylation is 2. The molecule has 0 unspecified atom stereocenters. The Bertz CT molecular complexity index is 550. The summed E-state index contributed by atoms with van der Waals surface area (Å²) in [5.74, 6) is 0. The van der Waals surface area contributed by atoms with Crippen LogP contribution in [0.5, 0.6) is 0 Å². The standard InChI is InChI=1S/C13H19N5S/c1-8(2)14-6-5-12-17-18-13(19-12)11-7-9(3)15-16-10(11)4/h7-8,14H,5-6H2,1-4H3. The maximum atomic E-state index is 4.26. The number of rotatable bonds is 5. The third-order valence-electron chi connectivity index (χ3n) is 2.69. The maximum absolute atomic E-state index is 4.26. The maximum Gasteiger partial charge on any atom is 0.149 e. The van der Waals surface area contributed by atoms with E-state index in [1.165, 1.54) is 0 Å². The van der Waals surface area contributed by atoms with Crippen molar-refractivity contribution in [3.8, 4) is 10.6 Å². The summed E-state index contributed by atoms with van der Waals surface area (Å²) in [5, 5.41) is 22.0. The summed E-state index contributed by atoms with van der Waals surface area (Å²) < 4.78 is 0. The average Bonchev–Trinajstić information content (AvgIpc) is 2.80. The highest BCUT2D eigenvalue weighted by Crippen LogP contribution is 2.25. The Morgan fingerprint density at radius 2 is 1.95 bits per heavy atom. The molecule has 0 fully saturated rings. The number of aromatic nitrogens is 4. The van der Waals surface area contributed by atoms with Crippen molar-refractivity contribution < 1.29 is 0 Å². The third kappa shape index (κ3) is 3.78. The molecule has 0 aliphatic rings. The minimum absolute atomic E-state index is 0.502. The van der Waals surface area contributed by atoms with Crippen LogP contribution in [0.3, 0.4) is 0 Å². The van der Waals surface area contributed by atoms with Gasteiger partial charge in [-0.3, -0.25) is 0 Å². The van der Waals surface area contributed by atoms with E-state index in [-0.39, 0.29) is 0 Å². The molecule has 2 aromatic heterocycles. The van der Waals surface area contributed by atoms with E-state index in [9.17, 15) is 0 Å². The van der Waals surface area contributed by atoms with Crippen molar-refractivity contribution in [1.82, 2.24) is 25.7 Å². The molecule has 0 spiro atoms. The molecule has 0 saturated carbocycles. The van der Waals surface area contributed by atoms with E-state index >= 15 is 0 Å². The summed E-state index contributed by atoms with van der Waals surface area (Å²) in [6.45, 7) is 9.09. The van der Waals surface area contributed by atoms with Crippen molar-refractivity contribution in [2.45, 2.75) is 40.2 Å². The van der Waals surface area contributed by atoms with Crippen molar-refractivity contribution in [3.63, 3.8) is 0 Å². The Morgan fingerprint density at radius 1 is 1.16 bits per heavy atom. The van der Waals surface area contributed by atoms with Gasteiger partial charge in [-0.1, -0.05) is 25.2 Å². The summed E-state index contributed by atoms with van der Waals surface area (Å²) in [6.07, 6.45) is 0.909. The number of nitrogens with zero attached hydrogens (tertiary/aromatic N) is 4. The zero-order chi connectivity index (χ0) is 13.8. The van der Waals surface area contributed by atoms with Crippen LogP contribution in [-0.2, 0) is 6.42 Å². The van der Waals surface area contributed by atoms with Gasteiger partial charge in [0.1, 0.15) is 10.0 Å². The molecule has 6 heteroatoms. The predicted molar refractivity (Wildman–Crippen MR) is 77.3 cm³/mol. The van der Waals surface area contributed by atoms with Gasteiger partial charge in [-0.2, -0.15) is 10.2 Å². The van der Waals surface area contributed by atoms with Gasteiger partial charge in [0.15, 0.2) is 0 Å². The first-order chi connectivity index (χ1) is 9.06. The molecule has 0 radical (unpaired) electrons. The molecule has 0 aliphatic heterocycles. The van der Waals surface area contributed by atoms with Gasteiger partial charge < -0.3 is 5.32 Å². The Labute approximate surface area is 117 Å². The van der Waals surface area contributed by atoms with E-state index in [1.54, 1.807) is 11.3 Å². The quantitative estimate of drug-likeness (QED) is 0.907. The van der Waals surface area contributed by atoms with Crippen LogP contribution in [0.15, 0.2) is 6.07 Å². The molecule has 102 valence electrons. The number of hydrogen-bond donors (Lipinski definition) is 1. The van der Waals surface area contributed by atoms with Crippen molar-refractivity contribution in [2.24, 2.45) is 0 Å². The first-order valence-corrected chi connectivity index (χ1v) is 7.25. The fourth-order valence-electron chi connectivity index (χ4n) is 1.70. The highest BCUT2D eigenvalue weighted by Gasteiger charge is 2.10. The molecule has 0 aliphatic carbocycles. The second-order valence-electron chi connectivity index (χ2n) is 4.84. The van der Waals surface area contributed by atoms with Gasteiger partial charge in [0.25, 0.3) is 0 Å². The fraction of sp³-hybridized carbons (Fsp3) is 0.538. The molecule has 0 amide bonds. The lowest BCUT2D eigenvalue weighted by molar-refractivity contribution is 0.588. The molecule has 2 aromatic rings. The summed E-state index contributed by atoms with van der Waals surface area (Å²) in [7, 11) is 0. The molecular weight excluding hydrogens is 258 g/mol. The fourth-order valence-corrected chi connectivity index (χ4v) is 2.60. The van der Waals surface area contributed by atoms with Crippen LogP contribution in [0.4, 0.5) is 0 Å². The second kappa shape index (κ2) is 6.16. The van der Waals surface area contributed by atoms with Gasteiger partial charge in [0, 0.05) is 24.6 Å². The smallest absolute Gasteiger partial charge is 0.149 e. The number of hydrogen-bond acceptors (Lipinski definition) is 6. The van der Waals surface area contributed by atoms with Crippen LogP contribution in [0.2, 0.25) is 0 Å². The van der Waals surface area contributed by atoms with Gasteiger partial charge in [0.05, 0.1) is 11.4 Å². The molecule has 19 heavy (non-hydrogen) atoms. The van der Waals surface area contributed by atoms with Gasteiger partial charge in [-0.25, -0.2) is 0 Å². The molecule has 0 aromatic carbocycles. The van der Waals surface area contributed by atoms with Crippen molar-refractivity contribution in [3.05, 3.63) is 22.5 Å². The first kappa shape index (κ1) is 14.0. The van der Waals surface area contributed by atoms with Crippen LogP contribution >= 0.6 is 11.3 Å². The highest BCUT2D eigenvalue weighted by atomic mass is 32.1. The van der Waals surface area contributed by atoms with Gasteiger partial charge in [-0.05, 0) is 19.9 Å². The first-order valence-electron chi connectivity index (χ1n) is 6.43. The molecule has 0 atom stereocenters. The van der Waals surface area contributed by atoms with E-state index < -0.39 is 0 Å². The van der Waals surface area contributed by atoms with Crippen molar-refractivity contribution in [1.29, 1.82) is 0 Å². The zero-order valence-electron chi connectivity index (χ0n) is 11.8. The predicted octanol–water partition coefficient (Wildman–Crippen LogP) is 2.15. The zero-order valence-corrected chi connectivity index (χ0v) is 12.6. The van der Waals surface area contributed by atoms with Crippen LogP contribution < -0.4 is 5.32 Å².